The molecule has 1 N–H and O–H groups in total. The van der Waals surface area contributed by atoms with Gasteiger partial charge in [0.15, 0.2) is 11.5 Å². The Bertz CT molecular complexity index is 1040. The van der Waals surface area contributed by atoms with Crippen molar-refractivity contribution in [3.05, 3.63) is 64.7 Å². The van der Waals surface area contributed by atoms with Crippen LogP contribution in [0.5, 0.6) is 11.5 Å². The highest BCUT2D eigenvalue weighted by atomic mass is 16.5. The number of unbranched alkanes of at least 4 members (excludes halogenated alkanes) is 2. The number of aliphatic hydroxyl groups excluding tert-OH is 1. The van der Waals surface area contributed by atoms with E-state index in [-0.39, 0.29) is 11.3 Å². The van der Waals surface area contributed by atoms with Crippen LogP contribution in [0.15, 0.2) is 48.0 Å². The van der Waals surface area contributed by atoms with E-state index in [1.54, 1.807) is 23.1 Å². The number of likely N-dealkylation sites (tertiary alicyclic amines) is 1. The van der Waals surface area contributed by atoms with Gasteiger partial charge in [-0.2, -0.15) is 0 Å². The molecular weight excluding hydrogens is 418 g/mol. The first-order chi connectivity index (χ1) is 15.8. The molecule has 0 aliphatic carbocycles. The largest absolute Gasteiger partial charge is 0.507 e. The number of aliphatic hydroxyl groups is 1. The first kappa shape index (κ1) is 24.4. The Morgan fingerprint density at radius 1 is 1.00 bits per heavy atom. The van der Waals surface area contributed by atoms with Crippen LogP contribution in [0.25, 0.3) is 5.76 Å². The molecule has 3 rings (SSSR count). The molecule has 6 nitrogen and oxygen atoms in total. The molecule has 1 aliphatic rings. The van der Waals surface area contributed by atoms with Gasteiger partial charge in [0.25, 0.3) is 11.7 Å². The first-order valence-corrected chi connectivity index (χ1v) is 11.4. The van der Waals surface area contributed by atoms with Gasteiger partial charge in [0.1, 0.15) is 5.76 Å². The van der Waals surface area contributed by atoms with Crippen LogP contribution in [0, 0.1) is 0 Å². The van der Waals surface area contributed by atoms with Crippen molar-refractivity contribution in [3.8, 4) is 11.5 Å². The molecule has 2 aromatic carbocycles. The third-order valence-electron chi connectivity index (χ3n) is 6.12. The monoisotopic (exact) mass is 451 g/mol. The molecule has 1 unspecified atom stereocenters. The predicted molar refractivity (Wildman–Crippen MR) is 129 cm³/mol. The standard InChI is InChI=1S/C27H33NO5/c1-6-7-8-15-28-24(19-11-9-18(10-12-19)17(2)3)23(26(30)27(28)31)25(29)20-13-14-21(32-4)22(16-20)33-5/h9-14,16-17,24,29H,6-8,15H2,1-5H3/b25-23-. The number of benzene rings is 2. The molecule has 6 heteroatoms. The third kappa shape index (κ3) is 4.90. The van der Waals surface area contributed by atoms with Gasteiger partial charge in [-0.1, -0.05) is 57.9 Å². The molecule has 1 fully saturated rings. The minimum Gasteiger partial charge on any atom is -0.507 e. The minimum atomic E-state index is -0.670. The number of hydrogen-bond donors (Lipinski definition) is 1. The number of carbonyl (C=O) groups is 2. The van der Waals surface area contributed by atoms with E-state index in [0.717, 1.165) is 24.8 Å². The number of methoxy groups -OCH3 is 2. The van der Waals surface area contributed by atoms with Crippen molar-refractivity contribution in [2.24, 2.45) is 0 Å². The van der Waals surface area contributed by atoms with Gasteiger partial charge in [0, 0.05) is 12.1 Å². The number of Topliss-reactive ketones (excluding diaryl/α,β-unsaturated/α-hetero) is 1. The molecule has 0 radical (unpaired) electrons. The summed E-state index contributed by atoms with van der Waals surface area (Å²) in [6.45, 7) is 6.77. The van der Waals surface area contributed by atoms with Crippen LogP contribution in [-0.2, 0) is 9.59 Å². The molecule has 0 bridgehead atoms. The maximum atomic E-state index is 13.1. The van der Waals surface area contributed by atoms with E-state index in [4.69, 9.17) is 9.47 Å². The lowest BCUT2D eigenvalue weighted by atomic mass is 9.93. The minimum absolute atomic E-state index is 0.0982. The van der Waals surface area contributed by atoms with E-state index in [1.165, 1.54) is 19.8 Å². The predicted octanol–water partition coefficient (Wildman–Crippen LogP) is 5.44. The second-order valence-corrected chi connectivity index (χ2v) is 8.59. The molecule has 2 aromatic rings. The zero-order valence-electron chi connectivity index (χ0n) is 20.1. The van der Waals surface area contributed by atoms with Crippen LogP contribution in [0.4, 0.5) is 0 Å². The topological polar surface area (TPSA) is 76.1 Å². The summed E-state index contributed by atoms with van der Waals surface area (Å²) >= 11 is 0. The lowest BCUT2D eigenvalue weighted by Crippen LogP contribution is -2.30. The summed E-state index contributed by atoms with van der Waals surface area (Å²) in [5, 5.41) is 11.2. The summed E-state index contributed by atoms with van der Waals surface area (Å²) in [5.74, 6) is -0.166. The second-order valence-electron chi connectivity index (χ2n) is 8.59. The molecule has 0 spiro atoms. The summed E-state index contributed by atoms with van der Waals surface area (Å²) < 4.78 is 10.6. The number of hydrogen-bond acceptors (Lipinski definition) is 5. The first-order valence-electron chi connectivity index (χ1n) is 11.4. The van der Waals surface area contributed by atoms with Gasteiger partial charge in [0.05, 0.1) is 25.8 Å². The van der Waals surface area contributed by atoms with E-state index in [2.05, 4.69) is 20.8 Å². The smallest absolute Gasteiger partial charge is 0.295 e. The molecule has 1 saturated heterocycles. The highest BCUT2D eigenvalue weighted by Gasteiger charge is 2.45. The van der Waals surface area contributed by atoms with Crippen LogP contribution in [-0.4, -0.2) is 42.5 Å². The van der Waals surface area contributed by atoms with Gasteiger partial charge in [-0.3, -0.25) is 9.59 Å². The van der Waals surface area contributed by atoms with Crippen molar-refractivity contribution < 1.29 is 24.2 Å². The Hall–Kier alpha value is -3.28. The molecule has 1 atom stereocenters. The summed E-state index contributed by atoms with van der Waals surface area (Å²) in [6, 6.07) is 12.2. The zero-order chi connectivity index (χ0) is 24.1. The maximum Gasteiger partial charge on any atom is 0.295 e. The highest BCUT2D eigenvalue weighted by Crippen LogP contribution is 2.41. The Labute approximate surface area is 195 Å². The van der Waals surface area contributed by atoms with Gasteiger partial charge in [-0.25, -0.2) is 0 Å². The Kier molecular flexibility index (Phi) is 7.79. The Morgan fingerprint density at radius 2 is 1.67 bits per heavy atom. The summed E-state index contributed by atoms with van der Waals surface area (Å²) in [7, 11) is 3.03. The molecule has 1 aliphatic heterocycles. The van der Waals surface area contributed by atoms with Crippen molar-refractivity contribution in [1.29, 1.82) is 0 Å². The number of rotatable bonds is 9. The van der Waals surface area contributed by atoms with E-state index in [9.17, 15) is 14.7 Å². The molecule has 0 saturated carbocycles. The Morgan fingerprint density at radius 3 is 2.24 bits per heavy atom. The number of amides is 1. The van der Waals surface area contributed by atoms with Crippen molar-refractivity contribution in [2.75, 3.05) is 20.8 Å². The van der Waals surface area contributed by atoms with Crippen molar-refractivity contribution >= 4 is 17.4 Å². The number of ether oxygens (including phenoxy) is 2. The third-order valence-corrected chi connectivity index (χ3v) is 6.12. The molecule has 1 heterocycles. The quantitative estimate of drug-likeness (QED) is 0.238. The van der Waals surface area contributed by atoms with E-state index < -0.39 is 17.7 Å². The fourth-order valence-corrected chi connectivity index (χ4v) is 4.19. The summed E-state index contributed by atoms with van der Waals surface area (Å²) in [5.41, 5.74) is 2.46. The van der Waals surface area contributed by atoms with E-state index in [1.807, 2.05) is 24.3 Å². The van der Waals surface area contributed by atoms with Crippen LogP contribution < -0.4 is 9.47 Å². The van der Waals surface area contributed by atoms with Crippen LogP contribution in [0.3, 0.4) is 0 Å². The molecule has 0 aromatic heterocycles. The lowest BCUT2D eigenvalue weighted by Gasteiger charge is -2.25. The van der Waals surface area contributed by atoms with Gasteiger partial charge >= 0.3 is 0 Å². The van der Waals surface area contributed by atoms with Gasteiger partial charge in [0.2, 0.25) is 0 Å². The van der Waals surface area contributed by atoms with Gasteiger partial charge in [-0.15, -0.1) is 0 Å². The lowest BCUT2D eigenvalue weighted by molar-refractivity contribution is -0.139. The normalized spacial score (nSPS) is 17.6. The average molecular weight is 452 g/mol. The van der Waals surface area contributed by atoms with E-state index >= 15 is 0 Å². The number of ketones is 1. The Balaban J connectivity index is 2.13. The molecule has 176 valence electrons. The van der Waals surface area contributed by atoms with Gasteiger partial charge < -0.3 is 19.5 Å². The zero-order valence-corrected chi connectivity index (χ0v) is 20.1. The average Bonchev–Trinajstić information content (AvgIpc) is 3.08. The number of nitrogens with zero attached hydrogens (tertiary/aromatic N) is 1. The van der Waals surface area contributed by atoms with Crippen LogP contribution in [0.2, 0.25) is 0 Å². The van der Waals surface area contributed by atoms with Crippen molar-refractivity contribution in [2.45, 2.75) is 52.0 Å². The fourth-order valence-electron chi connectivity index (χ4n) is 4.19. The highest BCUT2D eigenvalue weighted by molar-refractivity contribution is 6.46. The fraction of sp³-hybridized carbons (Fsp3) is 0.407. The SMILES string of the molecule is CCCCCN1C(=O)C(=O)/C(=C(\O)c2ccc(OC)c(OC)c2)C1c1ccc(C(C)C)cc1. The van der Waals surface area contributed by atoms with Crippen molar-refractivity contribution in [1.82, 2.24) is 4.90 Å². The molecule has 33 heavy (non-hydrogen) atoms. The summed E-state index contributed by atoms with van der Waals surface area (Å²) in [4.78, 5) is 27.7. The van der Waals surface area contributed by atoms with Crippen LogP contribution in [0.1, 0.15) is 68.7 Å². The van der Waals surface area contributed by atoms with Crippen LogP contribution >= 0.6 is 0 Å². The van der Waals surface area contributed by atoms with Crippen molar-refractivity contribution in [3.63, 3.8) is 0 Å². The maximum absolute atomic E-state index is 13.1. The number of carbonyl (C=O) groups excluding carboxylic acids is 2. The molecule has 1 amide bonds. The molecular formula is C27H33NO5. The van der Waals surface area contributed by atoms with Gasteiger partial charge in [-0.05, 0) is 41.7 Å². The second kappa shape index (κ2) is 10.6. The summed E-state index contributed by atoms with van der Waals surface area (Å²) in [6.07, 6.45) is 2.75. The van der Waals surface area contributed by atoms with E-state index in [0.29, 0.717) is 29.5 Å².